The molecule has 0 radical (unpaired) electrons. The van der Waals surface area contributed by atoms with E-state index in [1.165, 1.54) is 5.56 Å². The molecule has 0 amide bonds. The van der Waals surface area contributed by atoms with Crippen molar-refractivity contribution >= 4 is 0 Å². The quantitative estimate of drug-likeness (QED) is 0.834. The Balaban J connectivity index is 1.98. The largest absolute Gasteiger partial charge is 0.390 e. The van der Waals surface area contributed by atoms with Crippen LogP contribution in [-0.2, 0) is 4.74 Å². The van der Waals surface area contributed by atoms with Crippen LogP contribution in [-0.4, -0.2) is 16.3 Å². The number of fused-ring (bicyclic) bond motifs is 2. The molecule has 0 aromatic heterocycles. The lowest BCUT2D eigenvalue weighted by Crippen LogP contribution is -2.54. The van der Waals surface area contributed by atoms with E-state index in [1.54, 1.807) is 0 Å². The average Bonchev–Trinajstić information content (AvgIpc) is 2.36. The van der Waals surface area contributed by atoms with Crippen LogP contribution in [0.1, 0.15) is 51.7 Å². The van der Waals surface area contributed by atoms with Crippen molar-refractivity contribution in [3.05, 3.63) is 35.9 Å². The Morgan fingerprint density at radius 3 is 2.53 bits per heavy atom. The Morgan fingerprint density at radius 2 is 1.84 bits per heavy atom. The normalized spacial score (nSPS) is 40.9. The van der Waals surface area contributed by atoms with E-state index in [4.69, 9.17) is 4.74 Å². The minimum Gasteiger partial charge on any atom is -0.390 e. The van der Waals surface area contributed by atoms with E-state index in [9.17, 15) is 5.11 Å². The highest BCUT2D eigenvalue weighted by Gasteiger charge is 2.52. The highest BCUT2D eigenvalue weighted by atomic mass is 16.5. The maximum atomic E-state index is 10.7. The lowest BCUT2D eigenvalue weighted by molar-refractivity contribution is -0.232. The molecule has 1 aromatic rings. The summed E-state index contributed by atoms with van der Waals surface area (Å²) in [6.07, 6.45) is 3.04. The van der Waals surface area contributed by atoms with Gasteiger partial charge in [-0.3, -0.25) is 0 Å². The van der Waals surface area contributed by atoms with Crippen molar-refractivity contribution in [1.29, 1.82) is 0 Å². The van der Waals surface area contributed by atoms with Gasteiger partial charge in [0.15, 0.2) is 0 Å². The number of hydrogen-bond donors (Lipinski definition) is 1. The summed E-state index contributed by atoms with van der Waals surface area (Å²) in [7, 11) is 0. The Bertz CT molecular complexity index is 448. The Kier molecular flexibility index (Phi) is 2.99. The fourth-order valence-electron chi connectivity index (χ4n) is 3.86. The van der Waals surface area contributed by atoms with Gasteiger partial charge in [-0.2, -0.15) is 0 Å². The maximum Gasteiger partial charge on any atom is 0.0887 e. The van der Waals surface area contributed by atoms with Crippen molar-refractivity contribution in [2.45, 2.75) is 57.3 Å². The van der Waals surface area contributed by atoms with Gasteiger partial charge in [0.1, 0.15) is 0 Å². The van der Waals surface area contributed by atoms with E-state index in [-0.39, 0.29) is 17.6 Å². The van der Waals surface area contributed by atoms with Crippen LogP contribution in [0.2, 0.25) is 0 Å². The van der Waals surface area contributed by atoms with Gasteiger partial charge in [0.05, 0.1) is 17.3 Å². The molecular weight excluding hydrogens is 236 g/mol. The van der Waals surface area contributed by atoms with Crippen molar-refractivity contribution in [2.75, 3.05) is 0 Å². The number of hydrogen-bond acceptors (Lipinski definition) is 2. The minimum absolute atomic E-state index is 0.0164. The third kappa shape index (κ3) is 2.21. The van der Waals surface area contributed by atoms with E-state index in [0.717, 1.165) is 19.3 Å². The summed E-state index contributed by atoms with van der Waals surface area (Å²) < 4.78 is 6.40. The van der Waals surface area contributed by atoms with Crippen LogP contribution < -0.4 is 0 Å². The van der Waals surface area contributed by atoms with Gasteiger partial charge < -0.3 is 9.84 Å². The third-order valence-corrected chi connectivity index (χ3v) is 5.24. The van der Waals surface area contributed by atoms with E-state index >= 15 is 0 Å². The molecule has 1 N–H and O–H groups in total. The summed E-state index contributed by atoms with van der Waals surface area (Å²) >= 11 is 0. The Labute approximate surface area is 115 Å². The van der Waals surface area contributed by atoms with Gasteiger partial charge in [-0.1, -0.05) is 30.3 Å². The number of aliphatic hydroxyl groups is 1. The molecule has 104 valence electrons. The molecule has 0 spiro atoms. The highest BCUT2D eigenvalue weighted by molar-refractivity contribution is 5.21. The van der Waals surface area contributed by atoms with Crippen LogP contribution in [0.5, 0.6) is 0 Å². The fourth-order valence-corrected chi connectivity index (χ4v) is 3.86. The molecule has 1 aliphatic heterocycles. The Hall–Kier alpha value is -0.860. The molecule has 3 rings (SSSR count). The van der Waals surface area contributed by atoms with Crippen molar-refractivity contribution in [1.82, 2.24) is 0 Å². The number of benzene rings is 1. The zero-order valence-electron chi connectivity index (χ0n) is 12.1. The van der Waals surface area contributed by atoms with Crippen LogP contribution in [0.25, 0.3) is 0 Å². The first-order chi connectivity index (χ1) is 8.90. The molecule has 1 saturated carbocycles. The monoisotopic (exact) mass is 260 g/mol. The molecule has 2 fully saturated rings. The first kappa shape index (κ1) is 13.1. The van der Waals surface area contributed by atoms with Gasteiger partial charge in [-0.05, 0) is 51.5 Å². The van der Waals surface area contributed by atoms with Crippen molar-refractivity contribution < 1.29 is 9.84 Å². The first-order valence-corrected chi connectivity index (χ1v) is 7.35. The molecule has 0 unspecified atom stereocenters. The van der Waals surface area contributed by atoms with Gasteiger partial charge in [0.25, 0.3) is 0 Å². The van der Waals surface area contributed by atoms with Crippen LogP contribution in [0, 0.1) is 11.8 Å². The zero-order valence-corrected chi connectivity index (χ0v) is 12.1. The van der Waals surface area contributed by atoms with Gasteiger partial charge in [-0.15, -0.1) is 0 Å². The fraction of sp³-hybridized carbons (Fsp3) is 0.647. The zero-order chi connectivity index (χ0) is 13.7. The molecule has 2 nitrogen and oxygen atoms in total. The van der Waals surface area contributed by atoms with E-state index in [2.05, 4.69) is 38.1 Å². The maximum absolute atomic E-state index is 10.7. The predicted molar refractivity (Wildman–Crippen MR) is 75.8 cm³/mol. The van der Waals surface area contributed by atoms with Crippen LogP contribution in [0.3, 0.4) is 0 Å². The number of ether oxygens (including phenoxy) is 1. The molecule has 4 atom stereocenters. The van der Waals surface area contributed by atoms with Gasteiger partial charge in [0, 0.05) is 5.92 Å². The van der Waals surface area contributed by atoms with Gasteiger partial charge in [0.2, 0.25) is 0 Å². The van der Waals surface area contributed by atoms with Crippen LogP contribution in [0.4, 0.5) is 0 Å². The Morgan fingerprint density at radius 1 is 1.16 bits per heavy atom. The molecule has 19 heavy (non-hydrogen) atoms. The summed E-state index contributed by atoms with van der Waals surface area (Å²) in [5.74, 6) is 0.777. The van der Waals surface area contributed by atoms with Gasteiger partial charge in [-0.25, -0.2) is 0 Å². The molecular formula is C17H24O2. The summed E-state index contributed by atoms with van der Waals surface area (Å²) in [6.45, 7) is 6.37. The lowest BCUT2D eigenvalue weighted by Gasteiger charge is -2.55. The molecule has 1 aliphatic carbocycles. The average molecular weight is 260 g/mol. The second-order valence-electron chi connectivity index (χ2n) is 6.99. The van der Waals surface area contributed by atoms with Crippen LogP contribution in [0.15, 0.2) is 30.3 Å². The highest BCUT2D eigenvalue weighted by Crippen LogP contribution is 2.54. The first-order valence-electron chi connectivity index (χ1n) is 7.35. The molecule has 1 aromatic carbocycles. The minimum atomic E-state index is -0.604. The number of rotatable bonds is 1. The summed E-state index contributed by atoms with van der Waals surface area (Å²) in [5.41, 5.74) is 0.502. The van der Waals surface area contributed by atoms with Crippen molar-refractivity contribution in [3.63, 3.8) is 0 Å². The second kappa shape index (κ2) is 4.32. The van der Waals surface area contributed by atoms with Gasteiger partial charge >= 0.3 is 0 Å². The summed E-state index contributed by atoms with van der Waals surface area (Å²) in [6, 6.07) is 10.4. The lowest BCUT2D eigenvalue weighted by atomic mass is 9.62. The molecule has 2 aliphatic rings. The van der Waals surface area contributed by atoms with Crippen LogP contribution >= 0.6 is 0 Å². The molecule has 1 heterocycles. The van der Waals surface area contributed by atoms with Crippen molar-refractivity contribution in [3.8, 4) is 0 Å². The van der Waals surface area contributed by atoms with Crippen molar-refractivity contribution in [2.24, 2.45) is 11.8 Å². The smallest absolute Gasteiger partial charge is 0.0887 e. The predicted octanol–water partition coefficient (Wildman–Crippen LogP) is 3.70. The van der Waals surface area contributed by atoms with E-state index in [1.807, 2.05) is 13.0 Å². The van der Waals surface area contributed by atoms with E-state index in [0.29, 0.717) is 5.92 Å². The standard InChI is InChI=1S/C17H24O2/c1-16(2)13-9-10-17(3,18)14(11-13)15(19-16)12-7-5-4-6-8-12/h4-8,13-15,18H,9-11H2,1-3H3/t13-,14-,15+,17-/m0/s1. The summed E-state index contributed by atoms with van der Waals surface area (Å²) in [4.78, 5) is 0. The topological polar surface area (TPSA) is 29.5 Å². The third-order valence-electron chi connectivity index (χ3n) is 5.24. The second-order valence-corrected chi connectivity index (χ2v) is 6.99. The molecule has 2 bridgehead atoms. The van der Waals surface area contributed by atoms with E-state index < -0.39 is 5.60 Å². The SMILES string of the molecule is CC1(C)O[C@H](c2ccccc2)[C@@H]2C[C@@H]1CC[C@]2(C)O. The summed E-state index contributed by atoms with van der Waals surface area (Å²) in [5, 5.41) is 10.7. The molecule has 1 saturated heterocycles. The molecule has 2 heteroatoms.